The van der Waals surface area contributed by atoms with Gasteiger partial charge < -0.3 is 9.13 Å². The molecule has 1 aliphatic rings. The minimum absolute atomic E-state index is 0.187. The van der Waals surface area contributed by atoms with Gasteiger partial charge in [0.25, 0.3) is 0 Å². The minimum Gasteiger partial charge on any atom is -0.301 e. The van der Waals surface area contributed by atoms with Crippen molar-refractivity contribution in [1.82, 2.24) is 29.1 Å². The molecule has 10 aromatic carbocycles. The second-order valence-corrected chi connectivity index (χ2v) is 24.4. The number of thiophene rings is 2. The molecule has 0 atom stereocenters. The summed E-state index contributed by atoms with van der Waals surface area (Å²) < 4.78 is 4.79. The number of hydrogen-bond acceptors (Lipinski definition) is 6. The Kier molecular flexibility index (Phi) is 12.8. The molecular formula is C79H54N6S2. The highest BCUT2D eigenvalue weighted by Crippen LogP contribution is 2.51. The number of para-hydroxylation sites is 2. The van der Waals surface area contributed by atoms with Crippen LogP contribution in [-0.4, -0.2) is 29.1 Å². The standard InChI is InChI=1S/C41H29N3S.C38H25N3S/c1-41(2)34-23-28(39-42-36(26-11-5-3-6-12-26)25-37(43-39)27-13-7-4-8-14-27)17-19-30(34)31-20-18-29(24-35(31)41)44-38-16-10-9-15-32(38)33-21-22-45-40(33)44;1-3-9-28(10-4-1)34-25-35(29-11-5-2-6-12-29)40-37(39-34)30-17-15-26(16-18-30)27-19-21-31(22-20-27)41-36-14-8-7-13-32(36)33-23-24-42-38(33)41/h3-25H,1-2H3;1-25H. The van der Waals surface area contributed by atoms with Crippen molar-refractivity contribution in [2.24, 2.45) is 0 Å². The number of hydrogen-bond donors (Lipinski definition) is 0. The lowest BCUT2D eigenvalue weighted by molar-refractivity contribution is 0.660. The van der Waals surface area contributed by atoms with Crippen LogP contribution in [0.15, 0.2) is 290 Å². The largest absolute Gasteiger partial charge is 0.301 e. The molecule has 6 heterocycles. The van der Waals surface area contributed by atoms with E-state index in [1.807, 2.05) is 48.5 Å². The van der Waals surface area contributed by atoms with Gasteiger partial charge in [-0.3, -0.25) is 0 Å². The van der Waals surface area contributed by atoms with Gasteiger partial charge in [0, 0.05) is 71.7 Å². The normalized spacial score (nSPS) is 12.3. The van der Waals surface area contributed by atoms with E-state index in [0.717, 1.165) is 73.4 Å². The molecule has 16 aromatic rings. The summed E-state index contributed by atoms with van der Waals surface area (Å²) in [5, 5.41) is 9.59. The van der Waals surface area contributed by atoms with Crippen LogP contribution in [0.2, 0.25) is 0 Å². The predicted octanol–water partition coefficient (Wildman–Crippen LogP) is 21.2. The number of benzene rings is 10. The monoisotopic (exact) mass is 1150 g/mol. The van der Waals surface area contributed by atoms with Crippen molar-refractivity contribution in [3.05, 3.63) is 301 Å². The number of nitrogens with zero attached hydrogens (tertiary/aromatic N) is 6. The molecule has 17 rings (SSSR count). The lowest BCUT2D eigenvalue weighted by atomic mass is 9.81. The van der Waals surface area contributed by atoms with E-state index in [1.165, 1.54) is 81.4 Å². The topological polar surface area (TPSA) is 61.4 Å². The van der Waals surface area contributed by atoms with Gasteiger partial charge in [-0.25, -0.2) is 19.9 Å². The molecule has 0 amide bonds. The van der Waals surface area contributed by atoms with Crippen LogP contribution in [0.5, 0.6) is 0 Å². The molecule has 0 unspecified atom stereocenters. The van der Waals surface area contributed by atoms with Gasteiger partial charge >= 0.3 is 0 Å². The van der Waals surface area contributed by atoms with Crippen molar-refractivity contribution in [3.8, 4) is 101 Å². The van der Waals surface area contributed by atoms with E-state index in [1.54, 1.807) is 22.7 Å². The minimum atomic E-state index is -0.187. The molecule has 87 heavy (non-hydrogen) atoms. The summed E-state index contributed by atoms with van der Waals surface area (Å²) in [6, 6.07) is 98.5. The Morgan fingerprint density at radius 1 is 0.287 bits per heavy atom. The Morgan fingerprint density at radius 3 is 1.11 bits per heavy atom. The Morgan fingerprint density at radius 2 is 0.644 bits per heavy atom. The first-order chi connectivity index (χ1) is 42.9. The van der Waals surface area contributed by atoms with Crippen LogP contribution in [0, 0.1) is 0 Å². The quantitative estimate of drug-likeness (QED) is 0.144. The van der Waals surface area contributed by atoms with Gasteiger partial charge in [-0.2, -0.15) is 0 Å². The van der Waals surface area contributed by atoms with Crippen LogP contribution in [0.4, 0.5) is 0 Å². The lowest BCUT2D eigenvalue weighted by Crippen LogP contribution is -2.15. The molecule has 412 valence electrons. The maximum Gasteiger partial charge on any atom is 0.160 e. The molecule has 1 aliphatic carbocycles. The SMILES string of the molecule is CC1(C)c2cc(-c3nc(-c4ccccc4)cc(-c4ccccc4)n3)ccc2-c2ccc(-n3c4ccccc4c4ccsc43)cc21.c1ccc(-c2cc(-c3ccccc3)nc(-c3ccc(-c4ccc(-n5c6ccccc6c6ccsc65)cc4)cc3)n2)cc1. The van der Waals surface area contributed by atoms with Crippen LogP contribution < -0.4 is 0 Å². The van der Waals surface area contributed by atoms with Crippen LogP contribution in [0.25, 0.3) is 144 Å². The zero-order chi connectivity index (χ0) is 58.0. The van der Waals surface area contributed by atoms with Crippen LogP contribution in [0.1, 0.15) is 25.0 Å². The lowest BCUT2D eigenvalue weighted by Gasteiger charge is -2.23. The van der Waals surface area contributed by atoms with Crippen molar-refractivity contribution >= 4 is 64.9 Å². The van der Waals surface area contributed by atoms with Gasteiger partial charge in [-0.15, -0.1) is 22.7 Å². The Hall–Kier alpha value is -10.6. The Labute approximate surface area is 512 Å². The van der Waals surface area contributed by atoms with Gasteiger partial charge in [-0.1, -0.05) is 226 Å². The number of rotatable bonds is 9. The van der Waals surface area contributed by atoms with Crippen molar-refractivity contribution < 1.29 is 0 Å². The van der Waals surface area contributed by atoms with E-state index in [9.17, 15) is 0 Å². The summed E-state index contributed by atoms with van der Waals surface area (Å²) in [5.41, 5.74) is 22.2. The summed E-state index contributed by atoms with van der Waals surface area (Å²) in [6.07, 6.45) is 0. The van der Waals surface area contributed by atoms with Crippen LogP contribution >= 0.6 is 22.7 Å². The molecule has 0 N–H and O–H groups in total. The predicted molar refractivity (Wildman–Crippen MR) is 364 cm³/mol. The molecule has 0 spiro atoms. The number of aromatic nitrogens is 6. The fourth-order valence-electron chi connectivity index (χ4n) is 12.7. The Bertz CT molecular complexity index is 5100. The second kappa shape index (κ2) is 21.5. The van der Waals surface area contributed by atoms with Crippen LogP contribution in [0.3, 0.4) is 0 Å². The average Bonchev–Trinajstić information content (AvgIpc) is 1.69. The summed E-state index contributed by atoms with van der Waals surface area (Å²) in [4.78, 5) is 22.7. The van der Waals surface area contributed by atoms with Crippen molar-refractivity contribution in [3.63, 3.8) is 0 Å². The summed E-state index contributed by atoms with van der Waals surface area (Å²) >= 11 is 3.59. The molecule has 0 saturated carbocycles. The van der Waals surface area contributed by atoms with E-state index in [-0.39, 0.29) is 5.41 Å². The van der Waals surface area contributed by atoms with Crippen molar-refractivity contribution in [1.29, 1.82) is 0 Å². The molecule has 0 aliphatic heterocycles. The fraction of sp³-hybridized carbons (Fsp3) is 0.0380. The average molecular weight is 1150 g/mol. The molecule has 6 aromatic heterocycles. The van der Waals surface area contributed by atoms with Gasteiger partial charge in [0.15, 0.2) is 11.6 Å². The summed E-state index contributed by atoms with van der Waals surface area (Å²) in [5.74, 6) is 1.46. The Balaban J connectivity index is 0.000000141. The third-order valence-electron chi connectivity index (χ3n) is 17.1. The van der Waals surface area contributed by atoms with Gasteiger partial charge in [0.1, 0.15) is 9.66 Å². The first-order valence-corrected chi connectivity index (χ1v) is 31.1. The maximum atomic E-state index is 5.11. The van der Waals surface area contributed by atoms with Crippen molar-refractivity contribution in [2.75, 3.05) is 0 Å². The van der Waals surface area contributed by atoms with Crippen molar-refractivity contribution in [2.45, 2.75) is 19.3 Å². The maximum absolute atomic E-state index is 5.11. The second-order valence-electron chi connectivity index (χ2n) is 22.6. The van der Waals surface area contributed by atoms with Gasteiger partial charge in [-0.05, 0) is 111 Å². The zero-order valence-corrected chi connectivity index (χ0v) is 49.3. The van der Waals surface area contributed by atoms with E-state index in [0.29, 0.717) is 0 Å². The first-order valence-electron chi connectivity index (χ1n) is 29.3. The summed E-state index contributed by atoms with van der Waals surface area (Å²) in [6.45, 7) is 4.69. The highest BCUT2D eigenvalue weighted by atomic mass is 32.1. The highest BCUT2D eigenvalue weighted by molar-refractivity contribution is 7.17. The fourth-order valence-corrected chi connectivity index (χ4v) is 14.6. The molecule has 6 nitrogen and oxygen atoms in total. The molecule has 0 saturated heterocycles. The molecule has 8 heteroatoms. The van der Waals surface area contributed by atoms with Gasteiger partial charge in [0.05, 0.1) is 33.8 Å². The van der Waals surface area contributed by atoms with E-state index in [4.69, 9.17) is 19.9 Å². The first kappa shape index (κ1) is 52.0. The van der Waals surface area contributed by atoms with E-state index < -0.39 is 0 Å². The third kappa shape index (κ3) is 9.25. The van der Waals surface area contributed by atoms with Gasteiger partial charge in [0.2, 0.25) is 0 Å². The third-order valence-corrected chi connectivity index (χ3v) is 18.9. The molecule has 0 fully saturated rings. The van der Waals surface area contributed by atoms with Crippen LogP contribution in [-0.2, 0) is 5.41 Å². The molecule has 0 radical (unpaired) electrons. The smallest absolute Gasteiger partial charge is 0.160 e. The number of fused-ring (bicyclic) bond motifs is 9. The highest BCUT2D eigenvalue weighted by Gasteiger charge is 2.36. The van der Waals surface area contributed by atoms with E-state index in [2.05, 4.69) is 264 Å². The molecule has 0 bridgehead atoms. The molecular weight excluding hydrogens is 1100 g/mol. The summed E-state index contributed by atoms with van der Waals surface area (Å²) in [7, 11) is 0. The zero-order valence-electron chi connectivity index (χ0n) is 47.7. The van der Waals surface area contributed by atoms with E-state index >= 15 is 0 Å².